The van der Waals surface area contributed by atoms with Gasteiger partial charge in [-0.2, -0.15) is 4.99 Å². The van der Waals surface area contributed by atoms with Crippen LogP contribution in [0.3, 0.4) is 0 Å². The van der Waals surface area contributed by atoms with E-state index < -0.39 is 0 Å². The number of carbonyl (C=O) groups excluding carboxylic acids is 1. The predicted octanol–water partition coefficient (Wildman–Crippen LogP) is 2.09. The van der Waals surface area contributed by atoms with E-state index in [9.17, 15) is 9.18 Å². The second kappa shape index (κ2) is 6.41. The van der Waals surface area contributed by atoms with Crippen molar-refractivity contribution in [1.29, 1.82) is 0 Å². The highest BCUT2D eigenvalue weighted by molar-refractivity contribution is 8.18. The molecule has 1 amide bonds. The number of aliphatic imine (C=N–C) groups is 1. The molecule has 0 radical (unpaired) electrons. The summed E-state index contributed by atoms with van der Waals surface area (Å²) in [5, 5.41) is 4.10. The van der Waals surface area contributed by atoms with Crippen molar-refractivity contribution in [2.24, 2.45) is 4.99 Å². The lowest BCUT2D eigenvalue weighted by atomic mass is 10.2. The van der Waals surface area contributed by atoms with E-state index >= 15 is 0 Å². The molecule has 0 aliphatic carbocycles. The van der Waals surface area contributed by atoms with E-state index in [1.165, 1.54) is 23.9 Å². The van der Waals surface area contributed by atoms with Crippen molar-refractivity contribution in [3.05, 3.63) is 40.6 Å². The lowest BCUT2D eigenvalue weighted by Gasteiger charge is -2.20. The summed E-state index contributed by atoms with van der Waals surface area (Å²) in [6.07, 6.45) is 2.81. The first kappa shape index (κ1) is 14.3. The summed E-state index contributed by atoms with van der Waals surface area (Å²) in [4.78, 5) is 18.9. The maximum Gasteiger partial charge on any atom is 0.286 e. The summed E-state index contributed by atoms with van der Waals surface area (Å²) in [5.41, 5.74) is 0.807. The quantitative estimate of drug-likeness (QED) is 0.807. The zero-order valence-electron chi connectivity index (χ0n) is 11.5. The Kier molecular flexibility index (Phi) is 4.36. The molecule has 2 heterocycles. The molecule has 0 bridgehead atoms. The molecule has 2 aliphatic rings. The minimum absolute atomic E-state index is 0.212. The average molecular weight is 305 g/mol. The van der Waals surface area contributed by atoms with Gasteiger partial charge in [0.25, 0.3) is 5.91 Å². The van der Waals surface area contributed by atoms with Gasteiger partial charge in [0.2, 0.25) is 0 Å². The highest BCUT2D eigenvalue weighted by atomic mass is 32.2. The van der Waals surface area contributed by atoms with Crippen molar-refractivity contribution in [2.75, 3.05) is 26.2 Å². The Hall–Kier alpha value is -1.66. The molecule has 0 saturated carbocycles. The van der Waals surface area contributed by atoms with E-state index in [1.807, 2.05) is 0 Å². The number of rotatable bonds is 1. The number of halogens is 1. The van der Waals surface area contributed by atoms with Crippen LogP contribution >= 0.6 is 11.8 Å². The van der Waals surface area contributed by atoms with Crippen molar-refractivity contribution in [3.63, 3.8) is 0 Å². The maximum atomic E-state index is 12.9. The predicted molar refractivity (Wildman–Crippen MR) is 83.5 cm³/mol. The Balaban J connectivity index is 1.73. The number of amidine groups is 1. The van der Waals surface area contributed by atoms with Crippen molar-refractivity contribution in [1.82, 2.24) is 10.2 Å². The number of amides is 1. The van der Waals surface area contributed by atoms with E-state index in [1.54, 1.807) is 18.2 Å². The van der Waals surface area contributed by atoms with E-state index in [0.29, 0.717) is 4.91 Å². The van der Waals surface area contributed by atoms with Crippen molar-refractivity contribution in [3.8, 4) is 0 Å². The van der Waals surface area contributed by atoms with Crippen molar-refractivity contribution >= 4 is 28.9 Å². The van der Waals surface area contributed by atoms with Gasteiger partial charge in [-0.1, -0.05) is 12.1 Å². The molecule has 1 fully saturated rings. The maximum absolute atomic E-state index is 12.9. The molecule has 1 N–H and O–H groups in total. The Labute approximate surface area is 127 Å². The van der Waals surface area contributed by atoms with Crippen LogP contribution in [0.25, 0.3) is 6.08 Å². The SMILES string of the molecule is O=C1N=C(N2CCCNCC2)S/C1=C\c1ccc(F)cc1. The number of carbonyl (C=O) groups is 1. The van der Waals surface area contributed by atoms with E-state index in [4.69, 9.17) is 0 Å². The number of hydrogen-bond donors (Lipinski definition) is 1. The zero-order valence-corrected chi connectivity index (χ0v) is 12.3. The zero-order chi connectivity index (χ0) is 14.7. The van der Waals surface area contributed by atoms with Crippen LogP contribution in [0.4, 0.5) is 4.39 Å². The highest BCUT2D eigenvalue weighted by Crippen LogP contribution is 2.30. The molecular formula is C15H16FN3OS. The highest BCUT2D eigenvalue weighted by Gasteiger charge is 2.26. The fourth-order valence-electron chi connectivity index (χ4n) is 2.28. The first-order chi connectivity index (χ1) is 10.2. The Morgan fingerprint density at radius 2 is 2.05 bits per heavy atom. The number of nitrogens with one attached hydrogen (secondary N) is 1. The molecule has 1 saturated heterocycles. The molecule has 0 atom stereocenters. The molecule has 4 nitrogen and oxygen atoms in total. The normalized spacial score (nSPS) is 21.6. The lowest BCUT2D eigenvalue weighted by molar-refractivity contribution is -0.113. The van der Waals surface area contributed by atoms with Gasteiger partial charge in [-0.15, -0.1) is 0 Å². The minimum atomic E-state index is -0.281. The van der Waals surface area contributed by atoms with E-state index in [2.05, 4.69) is 15.2 Å². The summed E-state index contributed by atoms with van der Waals surface area (Å²) in [5.74, 6) is -0.493. The molecule has 2 aliphatic heterocycles. The molecule has 0 unspecified atom stereocenters. The van der Waals surface area contributed by atoms with Gasteiger partial charge in [-0.25, -0.2) is 4.39 Å². The van der Waals surface area contributed by atoms with Crippen LogP contribution < -0.4 is 5.32 Å². The fourth-order valence-corrected chi connectivity index (χ4v) is 3.25. The standard InChI is InChI=1S/C15H16FN3OS/c16-12-4-2-11(3-5-12)10-13-14(20)18-15(21-13)19-8-1-6-17-7-9-19/h2-5,10,17H,1,6-9H2/b13-10-. The second-order valence-corrected chi connectivity index (χ2v) is 5.96. The Morgan fingerprint density at radius 3 is 2.86 bits per heavy atom. The third-order valence-corrected chi connectivity index (χ3v) is 4.43. The van der Waals surface area contributed by atoms with Gasteiger partial charge in [-0.05, 0) is 48.5 Å². The molecule has 110 valence electrons. The first-order valence-corrected chi connectivity index (χ1v) is 7.78. The van der Waals surface area contributed by atoms with Crippen molar-refractivity contribution in [2.45, 2.75) is 6.42 Å². The number of nitrogens with zero attached hydrogens (tertiary/aromatic N) is 2. The molecule has 6 heteroatoms. The summed E-state index contributed by atoms with van der Waals surface area (Å²) in [6.45, 7) is 3.68. The minimum Gasteiger partial charge on any atom is -0.349 e. The summed E-state index contributed by atoms with van der Waals surface area (Å²) >= 11 is 1.40. The van der Waals surface area contributed by atoms with Crippen LogP contribution in [-0.4, -0.2) is 42.2 Å². The monoisotopic (exact) mass is 305 g/mol. The van der Waals surface area contributed by atoms with Crippen LogP contribution in [0.1, 0.15) is 12.0 Å². The van der Waals surface area contributed by atoms with Gasteiger partial charge < -0.3 is 10.2 Å². The van der Waals surface area contributed by atoms with Gasteiger partial charge in [0.1, 0.15) is 5.82 Å². The Bertz CT molecular complexity index is 589. The van der Waals surface area contributed by atoms with E-state index in [0.717, 1.165) is 43.3 Å². The summed E-state index contributed by atoms with van der Waals surface area (Å²) in [7, 11) is 0. The van der Waals surface area contributed by atoms with Gasteiger partial charge >= 0.3 is 0 Å². The molecule has 0 aromatic heterocycles. The third kappa shape index (κ3) is 3.51. The van der Waals surface area contributed by atoms with Crippen LogP contribution in [0.15, 0.2) is 34.2 Å². The first-order valence-electron chi connectivity index (χ1n) is 6.96. The second-order valence-electron chi connectivity index (χ2n) is 4.95. The molecular weight excluding hydrogens is 289 g/mol. The van der Waals surface area contributed by atoms with Gasteiger partial charge in [0.05, 0.1) is 4.91 Å². The summed E-state index contributed by atoms with van der Waals surface area (Å²) < 4.78 is 12.9. The van der Waals surface area contributed by atoms with Crippen LogP contribution in [-0.2, 0) is 4.79 Å². The largest absolute Gasteiger partial charge is 0.349 e. The number of hydrogen-bond acceptors (Lipinski definition) is 4. The third-order valence-electron chi connectivity index (χ3n) is 3.39. The van der Waals surface area contributed by atoms with Gasteiger partial charge in [0.15, 0.2) is 5.17 Å². The molecule has 0 spiro atoms. The molecule has 1 aromatic carbocycles. The number of thioether (sulfide) groups is 1. The van der Waals surface area contributed by atoms with Crippen LogP contribution in [0, 0.1) is 5.82 Å². The average Bonchev–Trinajstić information content (AvgIpc) is 2.69. The van der Waals surface area contributed by atoms with Gasteiger partial charge in [0, 0.05) is 19.6 Å². The Morgan fingerprint density at radius 1 is 1.24 bits per heavy atom. The molecule has 3 rings (SSSR count). The number of benzene rings is 1. The smallest absolute Gasteiger partial charge is 0.286 e. The molecule has 21 heavy (non-hydrogen) atoms. The molecule has 1 aromatic rings. The lowest BCUT2D eigenvalue weighted by Crippen LogP contribution is -2.31. The van der Waals surface area contributed by atoms with E-state index in [-0.39, 0.29) is 11.7 Å². The van der Waals surface area contributed by atoms with Crippen molar-refractivity contribution < 1.29 is 9.18 Å². The topological polar surface area (TPSA) is 44.7 Å². The van der Waals surface area contributed by atoms with Crippen LogP contribution in [0.2, 0.25) is 0 Å². The van der Waals surface area contributed by atoms with Gasteiger partial charge in [-0.3, -0.25) is 4.79 Å². The summed E-state index contributed by atoms with van der Waals surface area (Å²) in [6, 6.07) is 6.09. The van der Waals surface area contributed by atoms with Crippen LogP contribution in [0.5, 0.6) is 0 Å². The fraction of sp³-hybridized carbons (Fsp3) is 0.333.